The van der Waals surface area contributed by atoms with Crippen molar-refractivity contribution in [2.24, 2.45) is 0 Å². The molecule has 1 N–H and O–H groups in total. The van der Waals surface area contributed by atoms with Crippen LogP contribution >= 0.6 is 0 Å². The van der Waals surface area contributed by atoms with Gasteiger partial charge in [0, 0.05) is 6.92 Å². The lowest BCUT2D eigenvalue weighted by Crippen LogP contribution is -2.67. The molecule has 0 aliphatic heterocycles. The predicted octanol–water partition coefficient (Wildman–Crippen LogP) is 2.61. The van der Waals surface area contributed by atoms with Gasteiger partial charge in [0.25, 0.3) is 0 Å². The fourth-order valence-electron chi connectivity index (χ4n) is 1.61. The number of carbonyl (C=O) groups is 3. The lowest BCUT2D eigenvalue weighted by Gasteiger charge is -2.33. The zero-order chi connectivity index (χ0) is 21.8. The normalized spacial score (nSPS) is 14.0. The minimum absolute atomic E-state index is 0.164. The van der Waals surface area contributed by atoms with Gasteiger partial charge in [-0.15, -0.1) is 5.01 Å². The molecule has 0 aromatic heterocycles. The van der Waals surface area contributed by atoms with Gasteiger partial charge in [-0.3, -0.25) is 10.1 Å². The maximum absolute atomic E-state index is 12.5. The van der Waals surface area contributed by atoms with Crippen molar-refractivity contribution in [3.8, 4) is 0 Å². The van der Waals surface area contributed by atoms with E-state index >= 15 is 0 Å². The van der Waals surface area contributed by atoms with E-state index in [0.717, 1.165) is 6.92 Å². The van der Waals surface area contributed by atoms with Gasteiger partial charge in [0.05, 0.1) is 11.0 Å². The fraction of sp³-hybridized carbons (Fsp3) is 0.812. The van der Waals surface area contributed by atoms with Crippen LogP contribution in [0.1, 0.15) is 62.3 Å². The van der Waals surface area contributed by atoms with Crippen molar-refractivity contribution in [1.29, 1.82) is 0 Å². The first-order chi connectivity index (χ1) is 11.9. The highest BCUT2D eigenvalue weighted by Gasteiger charge is 2.58. The van der Waals surface area contributed by atoms with Gasteiger partial charge in [0.1, 0.15) is 11.2 Å². The lowest BCUT2D eigenvalue weighted by atomic mass is 10.2. The summed E-state index contributed by atoms with van der Waals surface area (Å²) in [6.45, 7) is 13.0. The van der Waals surface area contributed by atoms with Crippen molar-refractivity contribution >= 4 is 18.2 Å². The van der Waals surface area contributed by atoms with Crippen molar-refractivity contribution in [2.75, 3.05) is 0 Å². The molecule has 27 heavy (non-hydrogen) atoms. The molecule has 0 saturated heterocycles. The van der Waals surface area contributed by atoms with Crippen LogP contribution in [-0.2, 0) is 19.0 Å². The summed E-state index contributed by atoms with van der Waals surface area (Å²) in [5.41, 5.74) is -2.86. The number of hydrogen-bond donors (Lipinski definition) is 1. The quantitative estimate of drug-likeness (QED) is 0.254. The number of nitro groups is 1. The van der Waals surface area contributed by atoms with Gasteiger partial charge >= 0.3 is 23.8 Å². The Morgan fingerprint density at radius 2 is 1.41 bits per heavy atom. The van der Waals surface area contributed by atoms with Crippen LogP contribution in [-0.4, -0.2) is 51.1 Å². The van der Waals surface area contributed by atoms with Crippen LogP contribution in [0.5, 0.6) is 0 Å². The van der Waals surface area contributed by atoms with Gasteiger partial charge in [0.2, 0.25) is 0 Å². The highest BCUT2D eigenvalue weighted by molar-refractivity contribution is 5.85. The molecule has 11 nitrogen and oxygen atoms in total. The monoisotopic (exact) mass is 391 g/mol. The Balaban J connectivity index is 6.02. The van der Waals surface area contributed by atoms with Crippen LogP contribution in [0.4, 0.5) is 9.59 Å². The summed E-state index contributed by atoms with van der Waals surface area (Å²) in [6, 6.07) is 0. The van der Waals surface area contributed by atoms with Crippen LogP contribution in [0, 0.1) is 10.1 Å². The average molecular weight is 391 g/mol. The van der Waals surface area contributed by atoms with Crippen molar-refractivity contribution in [3.05, 3.63) is 10.1 Å². The van der Waals surface area contributed by atoms with Crippen molar-refractivity contribution in [2.45, 2.75) is 85.3 Å². The first-order valence-electron chi connectivity index (χ1n) is 8.28. The van der Waals surface area contributed by atoms with E-state index in [1.165, 1.54) is 34.6 Å². The topological polar surface area (TPSA) is 137 Å². The van der Waals surface area contributed by atoms with E-state index < -0.39 is 46.0 Å². The molecule has 1 atom stereocenters. The Kier molecular flexibility index (Phi) is 7.59. The third-order valence-corrected chi connectivity index (χ3v) is 2.70. The molecule has 0 saturated carbocycles. The molecular formula is C16H29N3O8. The number of carbonyl (C=O) groups excluding carboxylic acids is 3. The Hall–Kier alpha value is -2.59. The average Bonchev–Trinajstić information content (AvgIpc) is 2.38. The third kappa shape index (κ3) is 7.67. The zero-order valence-electron chi connectivity index (χ0n) is 17.2. The van der Waals surface area contributed by atoms with Gasteiger partial charge < -0.3 is 14.2 Å². The number of rotatable bonds is 4. The molecule has 0 bridgehead atoms. The van der Waals surface area contributed by atoms with E-state index in [0.29, 0.717) is 0 Å². The largest absolute Gasteiger partial charge is 0.456 e. The maximum atomic E-state index is 12.5. The fourth-order valence-corrected chi connectivity index (χ4v) is 1.61. The van der Waals surface area contributed by atoms with Crippen molar-refractivity contribution < 1.29 is 33.5 Å². The van der Waals surface area contributed by atoms with Crippen LogP contribution in [0.25, 0.3) is 0 Å². The molecule has 0 aliphatic carbocycles. The predicted molar refractivity (Wildman–Crippen MR) is 94.1 cm³/mol. The zero-order valence-corrected chi connectivity index (χ0v) is 17.2. The highest BCUT2D eigenvalue weighted by atomic mass is 16.7. The second-order valence-corrected chi connectivity index (χ2v) is 8.16. The van der Waals surface area contributed by atoms with E-state index in [9.17, 15) is 24.5 Å². The Morgan fingerprint density at radius 1 is 0.963 bits per heavy atom. The third-order valence-electron chi connectivity index (χ3n) is 2.70. The van der Waals surface area contributed by atoms with E-state index in [4.69, 9.17) is 14.2 Å². The summed E-state index contributed by atoms with van der Waals surface area (Å²) in [6.07, 6.45) is -3.20. The summed E-state index contributed by atoms with van der Waals surface area (Å²) >= 11 is 0. The van der Waals surface area contributed by atoms with E-state index in [2.05, 4.69) is 0 Å². The molecule has 0 unspecified atom stereocenters. The minimum atomic E-state index is -2.79. The molecule has 0 aromatic rings. The number of nitrogens with zero attached hydrogens (tertiary/aromatic N) is 2. The number of hydrogen-bond acceptors (Lipinski definition) is 8. The number of amides is 2. The van der Waals surface area contributed by atoms with E-state index in [-0.39, 0.29) is 5.01 Å². The molecule has 0 spiro atoms. The van der Waals surface area contributed by atoms with Gasteiger partial charge in [-0.1, -0.05) is 0 Å². The second-order valence-electron chi connectivity index (χ2n) is 8.16. The smallest absolute Gasteiger partial charge is 0.435 e. The summed E-state index contributed by atoms with van der Waals surface area (Å²) in [7, 11) is 0. The van der Waals surface area contributed by atoms with Crippen LogP contribution in [0.3, 0.4) is 0 Å². The Morgan fingerprint density at radius 3 is 1.74 bits per heavy atom. The van der Waals surface area contributed by atoms with Crippen LogP contribution in [0.15, 0.2) is 0 Å². The number of nitrogens with one attached hydrogen (secondary N) is 1. The van der Waals surface area contributed by atoms with E-state index in [1.807, 2.05) is 5.43 Å². The molecule has 11 heteroatoms. The Bertz CT molecular complexity index is 591. The Labute approximate surface area is 158 Å². The molecule has 0 radical (unpaired) electrons. The first-order valence-corrected chi connectivity index (χ1v) is 8.28. The molecule has 0 heterocycles. The molecule has 0 rings (SSSR count). The van der Waals surface area contributed by atoms with Crippen molar-refractivity contribution in [1.82, 2.24) is 10.4 Å². The number of esters is 1. The molecular weight excluding hydrogens is 362 g/mol. The van der Waals surface area contributed by atoms with Crippen LogP contribution < -0.4 is 5.43 Å². The molecule has 0 fully saturated rings. The number of ether oxygens (including phenoxy) is 3. The van der Waals surface area contributed by atoms with Crippen molar-refractivity contribution in [3.63, 3.8) is 0 Å². The highest BCUT2D eigenvalue weighted by Crippen LogP contribution is 2.21. The first kappa shape index (κ1) is 24.4. The summed E-state index contributed by atoms with van der Waals surface area (Å²) in [5.74, 6) is -1.36. The maximum Gasteiger partial charge on any atom is 0.435 e. The summed E-state index contributed by atoms with van der Waals surface area (Å²) < 4.78 is 15.0. The van der Waals surface area contributed by atoms with Gasteiger partial charge in [-0.2, -0.15) is 0 Å². The summed E-state index contributed by atoms with van der Waals surface area (Å²) in [4.78, 5) is 47.6. The molecule has 2 amide bonds. The second kappa shape index (κ2) is 8.40. The standard InChI is InChI=1S/C16H29N3O8/c1-10(2)25-11(20)16(9,19(23)24)18(13(22)27-15(6,7)8)17-12(21)26-14(3,4)5/h10H,1-9H3,(H,17,21)/t16-/m0/s1. The van der Waals surface area contributed by atoms with E-state index in [1.54, 1.807) is 20.8 Å². The van der Waals surface area contributed by atoms with Gasteiger partial charge in [-0.05, 0) is 55.4 Å². The van der Waals surface area contributed by atoms with Gasteiger partial charge in [0.15, 0.2) is 0 Å². The summed E-state index contributed by atoms with van der Waals surface area (Å²) in [5, 5.41) is 11.8. The lowest BCUT2D eigenvalue weighted by molar-refractivity contribution is -0.579. The number of hydrazine groups is 1. The molecule has 0 aromatic carbocycles. The minimum Gasteiger partial charge on any atom is -0.456 e. The van der Waals surface area contributed by atoms with Crippen LogP contribution in [0.2, 0.25) is 0 Å². The SMILES string of the molecule is CC(C)OC(=O)[C@@](C)(N(NC(=O)OC(C)(C)C)C(=O)OC(C)(C)C)[N+](=O)[O-]. The molecule has 156 valence electrons. The molecule has 0 aliphatic rings. The van der Waals surface area contributed by atoms with Gasteiger partial charge in [-0.25, -0.2) is 19.8 Å².